The van der Waals surface area contributed by atoms with Crippen molar-refractivity contribution in [2.45, 2.75) is 39.7 Å². The number of amides is 1. The smallest absolute Gasteiger partial charge is 0.311 e. The minimum atomic E-state index is -0.894. The minimum absolute atomic E-state index is 0.205. The minimum Gasteiger partial charge on any atom is -0.481 e. The molecule has 2 unspecified atom stereocenters. The summed E-state index contributed by atoms with van der Waals surface area (Å²) in [6.07, 6.45) is 0.530. The fourth-order valence-corrected chi connectivity index (χ4v) is 2.96. The number of hydrogen-bond donors (Lipinski definition) is 1. The normalized spacial score (nSPS) is 22.5. The van der Waals surface area contributed by atoms with Crippen molar-refractivity contribution >= 4 is 23.5 Å². The average molecular weight is 340 g/mol. The van der Waals surface area contributed by atoms with Crippen LogP contribution >= 0.6 is 11.6 Å². The van der Waals surface area contributed by atoms with Crippen molar-refractivity contribution in [3.8, 4) is 5.75 Å². The van der Waals surface area contributed by atoms with Crippen LogP contribution in [-0.4, -0.2) is 41.1 Å². The number of ether oxygens (including phenoxy) is 1. The van der Waals surface area contributed by atoms with E-state index in [-0.39, 0.29) is 12.5 Å². The standard InChI is InChI=1S/C17H22ClNO4/c1-11-5-6-13(18)14(9-11)23-12(2)15(20)19-8-4-7-17(3,10-19)16(21)22/h5-6,9,12H,4,7-8,10H2,1-3H3,(H,21,22). The van der Waals surface area contributed by atoms with E-state index in [2.05, 4.69) is 0 Å². The fraction of sp³-hybridized carbons (Fsp3) is 0.529. The molecule has 0 radical (unpaired) electrons. The summed E-state index contributed by atoms with van der Waals surface area (Å²) in [4.78, 5) is 25.5. The van der Waals surface area contributed by atoms with E-state index in [0.717, 1.165) is 5.56 Å². The first-order chi connectivity index (χ1) is 10.7. The van der Waals surface area contributed by atoms with Gasteiger partial charge >= 0.3 is 5.97 Å². The molecule has 0 aromatic heterocycles. The van der Waals surface area contributed by atoms with Crippen LogP contribution in [0.2, 0.25) is 5.02 Å². The molecule has 2 atom stereocenters. The molecule has 1 aromatic carbocycles. The molecule has 126 valence electrons. The number of rotatable bonds is 4. The molecule has 6 heteroatoms. The van der Waals surface area contributed by atoms with Crippen LogP contribution in [0.3, 0.4) is 0 Å². The van der Waals surface area contributed by atoms with Crippen LogP contribution in [0.5, 0.6) is 5.75 Å². The number of nitrogens with zero attached hydrogens (tertiary/aromatic N) is 1. The second-order valence-corrected chi connectivity index (χ2v) is 6.83. The van der Waals surface area contributed by atoms with E-state index in [1.165, 1.54) is 0 Å². The summed E-state index contributed by atoms with van der Waals surface area (Å²) in [5.41, 5.74) is 0.0923. The number of carboxylic acid groups (broad SMARTS) is 1. The summed E-state index contributed by atoms with van der Waals surface area (Å²) in [7, 11) is 0. The van der Waals surface area contributed by atoms with Gasteiger partial charge in [-0.2, -0.15) is 0 Å². The van der Waals surface area contributed by atoms with Crippen LogP contribution in [-0.2, 0) is 9.59 Å². The van der Waals surface area contributed by atoms with Gasteiger partial charge in [-0.05, 0) is 51.3 Å². The number of carbonyl (C=O) groups excluding carboxylic acids is 1. The van der Waals surface area contributed by atoms with Gasteiger partial charge in [0.1, 0.15) is 5.75 Å². The van der Waals surface area contributed by atoms with Crippen LogP contribution in [0.25, 0.3) is 0 Å². The molecule has 1 fully saturated rings. The third-order valence-electron chi connectivity index (χ3n) is 4.26. The Labute approximate surface area is 141 Å². The first kappa shape index (κ1) is 17.6. The van der Waals surface area contributed by atoms with E-state index < -0.39 is 17.5 Å². The number of halogens is 1. The van der Waals surface area contributed by atoms with Crippen molar-refractivity contribution in [3.63, 3.8) is 0 Å². The molecule has 0 aliphatic carbocycles. The lowest BCUT2D eigenvalue weighted by atomic mass is 9.82. The van der Waals surface area contributed by atoms with Gasteiger partial charge in [-0.3, -0.25) is 9.59 Å². The maximum absolute atomic E-state index is 12.6. The SMILES string of the molecule is Cc1ccc(Cl)c(OC(C)C(=O)N2CCCC(C)(C(=O)O)C2)c1. The van der Waals surface area contributed by atoms with E-state index in [9.17, 15) is 14.7 Å². The van der Waals surface area contributed by atoms with Gasteiger partial charge in [-0.15, -0.1) is 0 Å². The van der Waals surface area contributed by atoms with E-state index in [0.29, 0.717) is 30.2 Å². The van der Waals surface area contributed by atoms with Crippen LogP contribution < -0.4 is 4.74 Å². The Bertz CT molecular complexity index is 619. The topological polar surface area (TPSA) is 66.8 Å². The molecule has 0 spiro atoms. The summed E-state index contributed by atoms with van der Waals surface area (Å²) >= 11 is 6.09. The Hall–Kier alpha value is -1.75. The Morgan fingerprint density at radius 1 is 1.43 bits per heavy atom. The number of carbonyl (C=O) groups is 2. The maximum Gasteiger partial charge on any atom is 0.311 e. The lowest BCUT2D eigenvalue weighted by Crippen LogP contribution is -2.51. The average Bonchev–Trinajstić information content (AvgIpc) is 2.50. The molecule has 1 aliphatic heterocycles. The first-order valence-electron chi connectivity index (χ1n) is 7.68. The van der Waals surface area contributed by atoms with Crippen molar-refractivity contribution in [2.75, 3.05) is 13.1 Å². The second kappa shape index (κ2) is 6.79. The first-order valence-corrected chi connectivity index (χ1v) is 8.06. The lowest BCUT2D eigenvalue weighted by Gasteiger charge is -2.38. The monoisotopic (exact) mass is 339 g/mol. The lowest BCUT2D eigenvalue weighted by molar-refractivity contribution is -0.155. The molecule has 0 saturated carbocycles. The zero-order chi connectivity index (χ0) is 17.2. The summed E-state index contributed by atoms with van der Waals surface area (Å²) in [5, 5.41) is 9.80. The van der Waals surface area contributed by atoms with E-state index >= 15 is 0 Å². The highest BCUT2D eigenvalue weighted by atomic mass is 35.5. The zero-order valence-corrected chi connectivity index (χ0v) is 14.4. The van der Waals surface area contributed by atoms with E-state index in [1.807, 2.05) is 13.0 Å². The molecule has 1 aromatic rings. The highest BCUT2D eigenvalue weighted by Crippen LogP contribution is 2.31. The van der Waals surface area contributed by atoms with Gasteiger partial charge in [0.05, 0.1) is 10.4 Å². The molecule has 5 nitrogen and oxygen atoms in total. The number of aliphatic carboxylic acids is 1. The van der Waals surface area contributed by atoms with Crippen LogP contribution in [0.15, 0.2) is 18.2 Å². The molecule has 1 aliphatic rings. The van der Waals surface area contributed by atoms with Crippen LogP contribution in [0.1, 0.15) is 32.3 Å². The molecule has 0 bridgehead atoms. The summed E-state index contributed by atoms with van der Waals surface area (Å²) < 4.78 is 5.70. The number of carboxylic acids is 1. The number of likely N-dealkylation sites (tertiary alicyclic amines) is 1. The summed E-state index contributed by atoms with van der Waals surface area (Å²) in [6, 6.07) is 5.38. The van der Waals surface area contributed by atoms with Crippen LogP contribution in [0.4, 0.5) is 0 Å². The molecular formula is C17H22ClNO4. The molecule has 1 amide bonds. The Kier molecular flexibility index (Phi) is 5.19. The Morgan fingerprint density at radius 3 is 2.78 bits per heavy atom. The van der Waals surface area contributed by atoms with Gasteiger partial charge < -0.3 is 14.7 Å². The number of benzene rings is 1. The van der Waals surface area contributed by atoms with Crippen molar-refractivity contribution in [1.29, 1.82) is 0 Å². The highest BCUT2D eigenvalue weighted by molar-refractivity contribution is 6.32. The quantitative estimate of drug-likeness (QED) is 0.915. The largest absolute Gasteiger partial charge is 0.481 e. The third kappa shape index (κ3) is 3.96. The van der Waals surface area contributed by atoms with Crippen LogP contribution in [0, 0.1) is 12.3 Å². The maximum atomic E-state index is 12.6. The Balaban J connectivity index is 2.07. The number of piperidine rings is 1. The van der Waals surface area contributed by atoms with Gasteiger partial charge in [0.15, 0.2) is 6.10 Å². The molecule has 1 saturated heterocycles. The predicted molar refractivity (Wildman–Crippen MR) is 87.8 cm³/mol. The van der Waals surface area contributed by atoms with Gasteiger partial charge in [-0.25, -0.2) is 0 Å². The van der Waals surface area contributed by atoms with E-state index in [4.69, 9.17) is 16.3 Å². The second-order valence-electron chi connectivity index (χ2n) is 6.42. The van der Waals surface area contributed by atoms with Gasteiger partial charge in [0, 0.05) is 13.1 Å². The molecule has 1 heterocycles. The summed E-state index contributed by atoms with van der Waals surface area (Å²) in [6.45, 7) is 6.01. The fourth-order valence-electron chi connectivity index (χ4n) is 2.80. The van der Waals surface area contributed by atoms with Crippen molar-refractivity contribution in [3.05, 3.63) is 28.8 Å². The molecule has 1 N–H and O–H groups in total. The van der Waals surface area contributed by atoms with Gasteiger partial charge in [0.25, 0.3) is 5.91 Å². The number of hydrogen-bond acceptors (Lipinski definition) is 3. The van der Waals surface area contributed by atoms with Gasteiger partial charge in [-0.1, -0.05) is 17.7 Å². The Morgan fingerprint density at radius 2 is 2.13 bits per heavy atom. The molecule has 23 heavy (non-hydrogen) atoms. The zero-order valence-electron chi connectivity index (χ0n) is 13.6. The summed E-state index contributed by atoms with van der Waals surface area (Å²) in [5.74, 6) is -0.620. The van der Waals surface area contributed by atoms with Gasteiger partial charge in [0.2, 0.25) is 0 Å². The molecular weight excluding hydrogens is 318 g/mol. The third-order valence-corrected chi connectivity index (χ3v) is 4.57. The van der Waals surface area contributed by atoms with Crippen molar-refractivity contribution < 1.29 is 19.4 Å². The van der Waals surface area contributed by atoms with Crippen molar-refractivity contribution in [1.82, 2.24) is 4.90 Å². The highest BCUT2D eigenvalue weighted by Gasteiger charge is 2.40. The number of aryl methyl sites for hydroxylation is 1. The predicted octanol–water partition coefficient (Wildman–Crippen LogP) is 3.13. The van der Waals surface area contributed by atoms with E-state index in [1.54, 1.807) is 30.9 Å². The molecule has 2 rings (SSSR count). The van der Waals surface area contributed by atoms with Crippen molar-refractivity contribution in [2.24, 2.45) is 5.41 Å².